The third kappa shape index (κ3) is 2.43. The molecule has 0 fully saturated rings. The van der Waals surface area contributed by atoms with Gasteiger partial charge in [0.25, 0.3) is 5.56 Å². The van der Waals surface area contributed by atoms with Crippen molar-refractivity contribution < 1.29 is 4.74 Å². The highest BCUT2D eigenvalue weighted by atomic mass is 127. The normalized spacial score (nSPS) is 13.2. The maximum Gasteiger partial charge on any atom is 0.251 e. The summed E-state index contributed by atoms with van der Waals surface area (Å²) in [6.45, 7) is 0.971. The number of benzene rings is 3. The van der Waals surface area contributed by atoms with Gasteiger partial charge in [-0.1, -0.05) is 35.9 Å². The lowest BCUT2D eigenvalue weighted by atomic mass is 10.0. The lowest BCUT2D eigenvalue weighted by molar-refractivity contribution is 0.302. The van der Waals surface area contributed by atoms with Crippen LogP contribution in [0.5, 0.6) is 5.75 Å². The van der Waals surface area contributed by atoms with E-state index in [1.54, 1.807) is 16.7 Å². The SMILES string of the molecule is O=c1ccc2c(Cl)cc(I)c3c2n1Cc1cc2ccccc2cc1CO3. The van der Waals surface area contributed by atoms with Crippen molar-refractivity contribution in [1.29, 1.82) is 0 Å². The van der Waals surface area contributed by atoms with Gasteiger partial charge in [0.15, 0.2) is 5.75 Å². The van der Waals surface area contributed by atoms with E-state index in [0.29, 0.717) is 18.2 Å². The third-order valence-electron chi connectivity index (χ3n) is 4.89. The average Bonchev–Trinajstić information content (AvgIpc) is 2.61. The minimum Gasteiger partial charge on any atom is -0.486 e. The van der Waals surface area contributed by atoms with E-state index in [4.69, 9.17) is 16.3 Å². The summed E-state index contributed by atoms with van der Waals surface area (Å²) in [5, 5.41) is 3.80. The van der Waals surface area contributed by atoms with Crippen LogP contribution >= 0.6 is 34.2 Å². The summed E-state index contributed by atoms with van der Waals surface area (Å²) in [6.07, 6.45) is 0. The molecule has 4 aromatic rings. The fourth-order valence-electron chi connectivity index (χ4n) is 3.62. The van der Waals surface area contributed by atoms with E-state index in [9.17, 15) is 4.79 Å². The van der Waals surface area contributed by atoms with Crippen LogP contribution in [0.1, 0.15) is 11.1 Å². The molecule has 1 aliphatic rings. The molecule has 0 N–H and O–H groups in total. The van der Waals surface area contributed by atoms with Gasteiger partial charge in [-0.3, -0.25) is 4.79 Å². The first-order valence-electron chi connectivity index (χ1n) is 8.27. The van der Waals surface area contributed by atoms with Crippen molar-refractivity contribution in [2.75, 3.05) is 0 Å². The number of hydrogen-bond donors (Lipinski definition) is 0. The molecule has 26 heavy (non-hydrogen) atoms. The molecule has 1 aliphatic heterocycles. The molecule has 128 valence electrons. The summed E-state index contributed by atoms with van der Waals surface area (Å²) in [5.74, 6) is 0.724. The highest BCUT2D eigenvalue weighted by Gasteiger charge is 2.20. The fourth-order valence-corrected chi connectivity index (χ4v) is 4.78. The van der Waals surface area contributed by atoms with E-state index >= 15 is 0 Å². The van der Waals surface area contributed by atoms with Gasteiger partial charge in [-0.2, -0.15) is 0 Å². The number of fused-ring (bicyclic) bond motifs is 2. The summed E-state index contributed by atoms with van der Waals surface area (Å²) >= 11 is 8.65. The molecule has 0 spiro atoms. The summed E-state index contributed by atoms with van der Waals surface area (Å²) in [5.41, 5.74) is 2.91. The average molecular weight is 474 g/mol. The summed E-state index contributed by atoms with van der Waals surface area (Å²) in [4.78, 5) is 12.7. The topological polar surface area (TPSA) is 31.2 Å². The van der Waals surface area contributed by atoms with Crippen LogP contribution in [-0.2, 0) is 13.2 Å². The standard InChI is InChI=1S/C21H13ClINO2/c22-17-9-18(23)21-20-16(17)5-6-19(25)24(20)10-14-7-12-3-1-2-4-13(12)8-15(14)11-26-21/h1-9H,10-11H2. The van der Waals surface area contributed by atoms with E-state index in [-0.39, 0.29) is 5.56 Å². The zero-order valence-corrected chi connectivity index (χ0v) is 16.5. The molecule has 0 atom stereocenters. The van der Waals surface area contributed by atoms with Crippen molar-refractivity contribution in [3.63, 3.8) is 0 Å². The van der Waals surface area contributed by atoms with Crippen LogP contribution in [-0.4, -0.2) is 4.57 Å². The number of nitrogens with zero attached hydrogens (tertiary/aromatic N) is 1. The first-order valence-corrected chi connectivity index (χ1v) is 9.72. The number of halogens is 2. The van der Waals surface area contributed by atoms with E-state index in [1.807, 2.05) is 18.2 Å². The Bertz CT molecular complexity index is 1260. The second-order valence-electron chi connectivity index (χ2n) is 6.45. The summed E-state index contributed by atoms with van der Waals surface area (Å²) in [6, 6.07) is 17.8. The lowest BCUT2D eigenvalue weighted by Gasteiger charge is -2.22. The Balaban J connectivity index is 1.85. The quantitative estimate of drug-likeness (QED) is 0.322. The van der Waals surface area contributed by atoms with Crippen LogP contribution in [0.25, 0.3) is 21.7 Å². The molecule has 3 aromatic carbocycles. The molecule has 5 heteroatoms. The van der Waals surface area contributed by atoms with Gasteiger partial charge in [0, 0.05) is 11.5 Å². The summed E-state index contributed by atoms with van der Waals surface area (Å²) in [7, 11) is 0. The van der Waals surface area contributed by atoms with Crippen molar-refractivity contribution in [2.45, 2.75) is 13.2 Å². The predicted molar refractivity (Wildman–Crippen MR) is 113 cm³/mol. The predicted octanol–water partition coefficient (Wildman–Crippen LogP) is 5.35. The van der Waals surface area contributed by atoms with Crippen LogP contribution in [0.3, 0.4) is 0 Å². The van der Waals surface area contributed by atoms with Crippen LogP contribution in [0.2, 0.25) is 5.02 Å². The maximum atomic E-state index is 12.7. The van der Waals surface area contributed by atoms with E-state index < -0.39 is 0 Å². The van der Waals surface area contributed by atoms with E-state index in [0.717, 1.165) is 36.7 Å². The Labute approximate surface area is 168 Å². The third-order valence-corrected chi connectivity index (χ3v) is 6.01. The van der Waals surface area contributed by atoms with Gasteiger partial charge in [0.1, 0.15) is 6.61 Å². The van der Waals surface area contributed by atoms with Crippen LogP contribution in [0.15, 0.2) is 59.4 Å². The van der Waals surface area contributed by atoms with Gasteiger partial charge in [0.05, 0.1) is 20.7 Å². The Hall–Kier alpha value is -2.05. The van der Waals surface area contributed by atoms with Gasteiger partial charge in [0.2, 0.25) is 0 Å². The van der Waals surface area contributed by atoms with Crippen molar-refractivity contribution in [1.82, 2.24) is 4.57 Å². The molecule has 0 radical (unpaired) electrons. The van der Waals surface area contributed by atoms with Crippen LogP contribution in [0.4, 0.5) is 0 Å². The van der Waals surface area contributed by atoms with Gasteiger partial charge < -0.3 is 9.30 Å². The first kappa shape index (κ1) is 16.1. The van der Waals surface area contributed by atoms with E-state index in [1.165, 1.54) is 5.39 Å². The number of ether oxygens (including phenoxy) is 1. The van der Waals surface area contributed by atoms with E-state index in [2.05, 4.69) is 46.9 Å². The Morgan fingerprint density at radius 3 is 2.50 bits per heavy atom. The highest BCUT2D eigenvalue weighted by molar-refractivity contribution is 14.1. The second-order valence-corrected chi connectivity index (χ2v) is 8.02. The van der Waals surface area contributed by atoms with Gasteiger partial charge >= 0.3 is 0 Å². The molecule has 0 aliphatic carbocycles. The molecule has 0 saturated carbocycles. The lowest BCUT2D eigenvalue weighted by Crippen LogP contribution is -2.23. The highest BCUT2D eigenvalue weighted by Crippen LogP contribution is 2.37. The molecule has 0 bridgehead atoms. The Morgan fingerprint density at radius 1 is 1.00 bits per heavy atom. The minimum atomic E-state index is -0.0542. The van der Waals surface area contributed by atoms with Crippen LogP contribution < -0.4 is 10.3 Å². The number of pyridine rings is 1. The molecule has 3 nitrogen and oxygen atoms in total. The van der Waals surface area contributed by atoms with Gasteiger partial charge in [-0.15, -0.1) is 0 Å². The number of aromatic nitrogens is 1. The molecule has 0 amide bonds. The molecular weight excluding hydrogens is 461 g/mol. The van der Waals surface area contributed by atoms with Crippen molar-refractivity contribution in [3.8, 4) is 5.75 Å². The molecule has 0 unspecified atom stereocenters. The molecule has 2 heterocycles. The van der Waals surface area contributed by atoms with Gasteiger partial charge in [-0.05, 0) is 68.8 Å². The second kappa shape index (κ2) is 5.99. The molecular formula is C21H13ClINO2. The van der Waals surface area contributed by atoms with Crippen molar-refractivity contribution >= 4 is 55.9 Å². The molecule has 1 aromatic heterocycles. The zero-order chi connectivity index (χ0) is 17.8. The largest absolute Gasteiger partial charge is 0.486 e. The molecule has 0 saturated heterocycles. The van der Waals surface area contributed by atoms with Crippen molar-refractivity contribution in [2.24, 2.45) is 0 Å². The Morgan fingerprint density at radius 2 is 1.73 bits per heavy atom. The Kier molecular flexibility index (Phi) is 3.72. The smallest absolute Gasteiger partial charge is 0.251 e. The zero-order valence-electron chi connectivity index (χ0n) is 13.6. The number of rotatable bonds is 0. The fraction of sp³-hybridized carbons (Fsp3) is 0.0952. The van der Waals surface area contributed by atoms with Crippen LogP contribution in [0, 0.1) is 3.57 Å². The van der Waals surface area contributed by atoms with Gasteiger partial charge in [-0.25, -0.2) is 0 Å². The first-order chi connectivity index (χ1) is 12.6. The number of hydrogen-bond acceptors (Lipinski definition) is 2. The monoisotopic (exact) mass is 473 g/mol. The minimum absolute atomic E-state index is 0.0542. The summed E-state index contributed by atoms with van der Waals surface area (Å²) < 4.78 is 8.87. The molecule has 5 rings (SSSR count). The maximum absolute atomic E-state index is 12.7. The van der Waals surface area contributed by atoms with Crippen molar-refractivity contribution in [3.05, 3.63) is 84.7 Å².